The van der Waals surface area contributed by atoms with Gasteiger partial charge in [0.05, 0.1) is 5.92 Å². The maximum absolute atomic E-state index is 12.5. The summed E-state index contributed by atoms with van der Waals surface area (Å²) in [7, 11) is 0. The van der Waals surface area contributed by atoms with Crippen molar-refractivity contribution in [2.24, 2.45) is 11.8 Å². The molecule has 0 aliphatic heterocycles. The van der Waals surface area contributed by atoms with Crippen molar-refractivity contribution in [2.75, 3.05) is 0 Å². The van der Waals surface area contributed by atoms with E-state index < -0.39 is 12.1 Å². The smallest absolute Gasteiger partial charge is 0.299 e. The van der Waals surface area contributed by atoms with Gasteiger partial charge in [0.25, 0.3) is 0 Å². The minimum atomic E-state index is -4.08. The topological polar surface area (TPSA) is 17.1 Å². The van der Waals surface area contributed by atoms with E-state index in [0.29, 0.717) is 19.3 Å². The van der Waals surface area contributed by atoms with Crippen LogP contribution in [0.15, 0.2) is 0 Å². The predicted octanol–water partition coefficient (Wildman–Crippen LogP) is 5.28. The van der Waals surface area contributed by atoms with Gasteiger partial charge in [-0.15, -0.1) is 0 Å². The highest BCUT2D eigenvalue weighted by Crippen LogP contribution is 2.40. The van der Waals surface area contributed by atoms with Crippen LogP contribution in [0.5, 0.6) is 0 Å². The van der Waals surface area contributed by atoms with Crippen LogP contribution in [0.25, 0.3) is 0 Å². The summed E-state index contributed by atoms with van der Waals surface area (Å²) in [5.74, 6) is -1.09. The molecule has 0 spiro atoms. The number of hydrogen-bond donors (Lipinski definition) is 0. The number of carbonyl (C=O) groups excluding carboxylic acids is 1. The number of hydrogen-bond acceptors (Lipinski definition) is 1. The van der Waals surface area contributed by atoms with Gasteiger partial charge in [-0.1, -0.05) is 32.6 Å². The molecule has 0 saturated heterocycles. The summed E-state index contributed by atoms with van der Waals surface area (Å²) >= 11 is 0. The molecular weight excluding hydrogens is 253 g/mol. The quantitative estimate of drug-likeness (QED) is 0.579. The van der Waals surface area contributed by atoms with E-state index >= 15 is 0 Å². The third-order valence-electron chi connectivity index (χ3n) is 4.17. The zero-order valence-corrected chi connectivity index (χ0v) is 11.8. The molecule has 0 radical (unpaired) electrons. The average Bonchev–Trinajstić information content (AvgIpc) is 2.37. The molecule has 0 aromatic carbocycles. The second kappa shape index (κ2) is 7.91. The summed E-state index contributed by atoms with van der Waals surface area (Å²) in [6.07, 6.45) is 3.11. The highest BCUT2D eigenvalue weighted by Gasteiger charge is 2.42. The van der Waals surface area contributed by atoms with Crippen LogP contribution in [0.3, 0.4) is 0 Å². The van der Waals surface area contributed by atoms with Crippen LogP contribution >= 0.6 is 0 Å². The van der Waals surface area contributed by atoms with Gasteiger partial charge in [0.2, 0.25) is 0 Å². The molecule has 0 aromatic rings. The Hall–Kier alpha value is -0.540. The summed E-state index contributed by atoms with van der Waals surface area (Å²) < 4.78 is 37.5. The van der Waals surface area contributed by atoms with Crippen LogP contribution in [-0.2, 0) is 4.79 Å². The fraction of sp³-hybridized carbons (Fsp3) is 0.933. The number of unbranched alkanes of at least 4 members (excludes halogenated alkanes) is 4. The van der Waals surface area contributed by atoms with Crippen LogP contribution in [-0.4, -0.2) is 12.0 Å². The fourth-order valence-corrected chi connectivity index (χ4v) is 2.85. The monoisotopic (exact) mass is 278 g/mol. The van der Waals surface area contributed by atoms with Gasteiger partial charge in [-0.2, -0.15) is 13.2 Å². The lowest BCUT2D eigenvalue weighted by Gasteiger charge is -2.29. The number of rotatable bonds is 7. The van der Waals surface area contributed by atoms with Crippen molar-refractivity contribution in [2.45, 2.75) is 77.3 Å². The van der Waals surface area contributed by atoms with E-state index in [-0.39, 0.29) is 24.5 Å². The lowest BCUT2D eigenvalue weighted by atomic mass is 9.79. The molecule has 19 heavy (non-hydrogen) atoms. The molecule has 0 unspecified atom stereocenters. The fourth-order valence-electron chi connectivity index (χ4n) is 2.85. The molecule has 0 atom stereocenters. The summed E-state index contributed by atoms with van der Waals surface area (Å²) in [5, 5.41) is 0. The minimum absolute atomic E-state index is 0.107. The lowest BCUT2D eigenvalue weighted by Crippen LogP contribution is -2.30. The Balaban J connectivity index is 2.18. The van der Waals surface area contributed by atoms with Gasteiger partial charge in [0.15, 0.2) is 0 Å². The van der Waals surface area contributed by atoms with E-state index in [1.165, 1.54) is 12.8 Å². The van der Waals surface area contributed by atoms with Gasteiger partial charge < -0.3 is 0 Å². The van der Waals surface area contributed by atoms with Gasteiger partial charge in [-0.25, -0.2) is 0 Å². The van der Waals surface area contributed by atoms with Crippen molar-refractivity contribution >= 4 is 5.78 Å². The molecule has 112 valence electrons. The van der Waals surface area contributed by atoms with Crippen molar-refractivity contribution in [3.8, 4) is 0 Å². The maximum Gasteiger partial charge on any atom is 0.391 e. The van der Waals surface area contributed by atoms with Crippen molar-refractivity contribution in [1.82, 2.24) is 0 Å². The highest BCUT2D eigenvalue weighted by atomic mass is 19.4. The molecule has 1 nitrogen and oxygen atoms in total. The van der Waals surface area contributed by atoms with Crippen LogP contribution in [0.4, 0.5) is 13.2 Å². The third kappa shape index (κ3) is 5.96. The molecule has 1 aliphatic rings. The first-order valence-corrected chi connectivity index (χ1v) is 7.54. The van der Waals surface area contributed by atoms with Gasteiger partial charge >= 0.3 is 6.18 Å². The molecule has 0 amide bonds. The molecular formula is C15H25F3O. The Morgan fingerprint density at radius 1 is 1.00 bits per heavy atom. The second-order valence-corrected chi connectivity index (χ2v) is 5.72. The second-order valence-electron chi connectivity index (χ2n) is 5.72. The Morgan fingerprint density at radius 3 is 2.11 bits per heavy atom. The van der Waals surface area contributed by atoms with E-state index in [1.54, 1.807) is 0 Å². The van der Waals surface area contributed by atoms with Gasteiger partial charge in [-0.3, -0.25) is 4.79 Å². The Bertz CT molecular complexity index is 265. The normalized spacial score (nSPS) is 24.4. The number of halogens is 3. The minimum Gasteiger partial charge on any atom is -0.299 e. The Kier molecular flexibility index (Phi) is 6.87. The standard InChI is InChI=1S/C15H25F3O/c1-2-3-4-5-6-7-14(19)12-8-10-13(11-9-12)15(16,17)18/h12-13H,2-11H2,1H3. The lowest BCUT2D eigenvalue weighted by molar-refractivity contribution is -0.184. The van der Waals surface area contributed by atoms with E-state index in [2.05, 4.69) is 6.92 Å². The largest absolute Gasteiger partial charge is 0.391 e. The summed E-state index contributed by atoms with van der Waals surface area (Å²) in [6, 6.07) is 0. The molecule has 0 N–H and O–H groups in total. The van der Waals surface area contributed by atoms with Crippen LogP contribution in [0, 0.1) is 11.8 Å². The summed E-state index contributed by atoms with van der Waals surface area (Å²) in [5.41, 5.74) is 0. The highest BCUT2D eigenvalue weighted by molar-refractivity contribution is 5.81. The van der Waals surface area contributed by atoms with Gasteiger partial charge in [-0.05, 0) is 32.1 Å². The van der Waals surface area contributed by atoms with Gasteiger partial charge in [0, 0.05) is 12.3 Å². The first kappa shape index (κ1) is 16.5. The van der Waals surface area contributed by atoms with Crippen molar-refractivity contribution in [3.63, 3.8) is 0 Å². The predicted molar refractivity (Wildman–Crippen MR) is 69.9 cm³/mol. The molecule has 1 saturated carbocycles. The van der Waals surface area contributed by atoms with Crippen LogP contribution in [0.2, 0.25) is 0 Å². The molecule has 0 heterocycles. The zero-order chi connectivity index (χ0) is 14.3. The Morgan fingerprint density at radius 2 is 1.58 bits per heavy atom. The van der Waals surface area contributed by atoms with Crippen molar-refractivity contribution < 1.29 is 18.0 Å². The number of Topliss-reactive ketones (excluding diaryl/α,β-unsaturated/α-hetero) is 1. The van der Waals surface area contributed by atoms with E-state index in [9.17, 15) is 18.0 Å². The summed E-state index contributed by atoms with van der Waals surface area (Å²) in [6.45, 7) is 2.14. The molecule has 1 fully saturated rings. The molecule has 4 heteroatoms. The summed E-state index contributed by atoms with van der Waals surface area (Å²) in [4.78, 5) is 11.9. The van der Waals surface area contributed by atoms with Crippen molar-refractivity contribution in [3.05, 3.63) is 0 Å². The van der Waals surface area contributed by atoms with E-state index in [1.807, 2.05) is 0 Å². The number of alkyl halides is 3. The third-order valence-corrected chi connectivity index (χ3v) is 4.17. The van der Waals surface area contributed by atoms with E-state index in [4.69, 9.17) is 0 Å². The molecule has 1 rings (SSSR count). The van der Waals surface area contributed by atoms with Gasteiger partial charge in [0.1, 0.15) is 5.78 Å². The van der Waals surface area contributed by atoms with Crippen LogP contribution < -0.4 is 0 Å². The SMILES string of the molecule is CCCCCCCC(=O)C1CCC(C(F)(F)F)CC1. The van der Waals surface area contributed by atoms with Crippen LogP contribution in [0.1, 0.15) is 71.1 Å². The maximum atomic E-state index is 12.5. The first-order valence-electron chi connectivity index (χ1n) is 7.54. The molecule has 0 bridgehead atoms. The zero-order valence-electron chi connectivity index (χ0n) is 11.8. The number of ketones is 1. The average molecular weight is 278 g/mol. The Labute approximate surface area is 114 Å². The number of carbonyl (C=O) groups is 1. The first-order chi connectivity index (χ1) is 8.95. The molecule has 1 aliphatic carbocycles. The van der Waals surface area contributed by atoms with Crippen molar-refractivity contribution in [1.29, 1.82) is 0 Å². The van der Waals surface area contributed by atoms with E-state index in [0.717, 1.165) is 19.3 Å². The molecule has 0 aromatic heterocycles.